The maximum atomic E-state index is 9.28. The zero-order valence-electron chi connectivity index (χ0n) is 11.9. The minimum Gasteiger partial charge on any atom is -0.497 e. The Balaban J connectivity index is 2.38. The Morgan fingerprint density at radius 1 is 1.30 bits per heavy atom. The van der Waals surface area contributed by atoms with Gasteiger partial charge in [0.2, 0.25) is 0 Å². The minimum absolute atomic E-state index is 0.313. The molecule has 0 unspecified atom stereocenters. The smallest absolute Gasteiger partial charge is 0.139 e. The van der Waals surface area contributed by atoms with Gasteiger partial charge in [0.05, 0.1) is 12.1 Å². The molecule has 0 aliphatic carbocycles. The van der Waals surface area contributed by atoms with Crippen LogP contribution in [0.25, 0.3) is 0 Å². The first-order valence-electron chi connectivity index (χ1n) is 6.48. The van der Waals surface area contributed by atoms with E-state index in [1.807, 2.05) is 34.9 Å². The van der Waals surface area contributed by atoms with Gasteiger partial charge in [-0.1, -0.05) is 37.6 Å². The zero-order valence-corrected chi connectivity index (χ0v) is 12.6. The maximum Gasteiger partial charge on any atom is 0.139 e. The molecule has 0 amide bonds. The Morgan fingerprint density at radius 3 is 2.45 bits per heavy atom. The molecule has 0 fully saturated rings. The largest absolute Gasteiger partial charge is 0.497 e. The van der Waals surface area contributed by atoms with E-state index in [0.29, 0.717) is 23.2 Å². The van der Waals surface area contributed by atoms with Gasteiger partial charge in [0.25, 0.3) is 0 Å². The molecule has 4 heteroatoms. The molecule has 2 aromatic rings. The molecule has 20 heavy (non-hydrogen) atoms. The van der Waals surface area contributed by atoms with E-state index in [1.54, 1.807) is 7.11 Å². The topological polar surface area (TPSA) is 38.0 Å². The highest BCUT2D eigenvalue weighted by Gasteiger charge is 2.16. The highest BCUT2D eigenvalue weighted by molar-refractivity contribution is 6.31. The summed E-state index contributed by atoms with van der Waals surface area (Å²) in [6.07, 6.45) is 0. The normalized spacial score (nSPS) is 10.6. The van der Waals surface area contributed by atoms with Gasteiger partial charge in [-0.3, -0.25) is 0 Å². The van der Waals surface area contributed by atoms with Crippen molar-refractivity contribution in [2.75, 3.05) is 7.11 Å². The fourth-order valence-electron chi connectivity index (χ4n) is 2.21. The number of nitriles is 1. The van der Waals surface area contributed by atoms with Crippen molar-refractivity contribution in [3.63, 3.8) is 0 Å². The van der Waals surface area contributed by atoms with Gasteiger partial charge in [0.1, 0.15) is 17.5 Å². The van der Waals surface area contributed by atoms with Crippen LogP contribution in [0.5, 0.6) is 5.75 Å². The van der Waals surface area contributed by atoms with Crippen LogP contribution in [0, 0.1) is 11.3 Å². The average molecular weight is 289 g/mol. The molecule has 0 bridgehead atoms. The van der Waals surface area contributed by atoms with Gasteiger partial charge in [-0.25, -0.2) is 0 Å². The summed E-state index contributed by atoms with van der Waals surface area (Å²) in [5, 5.41) is 9.80. The van der Waals surface area contributed by atoms with Gasteiger partial charge < -0.3 is 9.30 Å². The molecule has 0 spiro atoms. The first-order valence-corrected chi connectivity index (χ1v) is 6.86. The predicted octanol–water partition coefficient (Wildman–Crippen LogP) is 4.19. The zero-order chi connectivity index (χ0) is 14.7. The summed E-state index contributed by atoms with van der Waals surface area (Å²) in [6.45, 7) is 4.82. The van der Waals surface area contributed by atoms with E-state index in [1.165, 1.54) is 0 Å². The van der Waals surface area contributed by atoms with Crippen molar-refractivity contribution < 1.29 is 4.74 Å². The number of hydrogen-bond acceptors (Lipinski definition) is 2. The molecule has 2 rings (SSSR count). The third-order valence-corrected chi connectivity index (χ3v) is 3.57. The van der Waals surface area contributed by atoms with E-state index < -0.39 is 0 Å². The molecule has 1 heterocycles. The van der Waals surface area contributed by atoms with E-state index in [9.17, 15) is 5.26 Å². The maximum absolute atomic E-state index is 9.28. The Kier molecular flexibility index (Phi) is 4.36. The molecular formula is C16H17ClN2O. The van der Waals surface area contributed by atoms with E-state index >= 15 is 0 Å². The van der Waals surface area contributed by atoms with E-state index in [0.717, 1.165) is 17.0 Å². The number of methoxy groups -OCH3 is 1. The third-order valence-electron chi connectivity index (χ3n) is 3.28. The first-order chi connectivity index (χ1) is 9.56. The van der Waals surface area contributed by atoms with E-state index in [-0.39, 0.29) is 0 Å². The lowest BCUT2D eigenvalue weighted by Gasteiger charge is -2.13. The highest BCUT2D eigenvalue weighted by Crippen LogP contribution is 2.27. The number of nitrogens with zero attached hydrogens (tertiary/aromatic N) is 2. The number of aromatic nitrogens is 1. The fourth-order valence-corrected chi connectivity index (χ4v) is 2.47. The average Bonchev–Trinajstić information content (AvgIpc) is 2.76. The summed E-state index contributed by atoms with van der Waals surface area (Å²) in [5.41, 5.74) is 2.70. The summed E-state index contributed by atoms with van der Waals surface area (Å²) in [7, 11) is 1.64. The second-order valence-corrected chi connectivity index (χ2v) is 5.37. The molecule has 0 N–H and O–H groups in total. The monoisotopic (exact) mass is 288 g/mol. The lowest BCUT2D eigenvalue weighted by Crippen LogP contribution is -2.07. The van der Waals surface area contributed by atoms with Crippen molar-refractivity contribution in [1.82, 2.24) is 4.57 Å². The van der Waals surface area contributed by atoms with Crippen molar-refractivity contribution in [2.45, 2.75) is 26.3 Å². The molecule has 0 atom stereocenters. The van der Waals surface area contributed by atoms with Crippen LogP contribution in [0.1, 0.15) is 36.7 Å². The summed E-state index contributed by atoms with van der Waals surface area (Å²) in [4.78, 5) is 0. The second kappa shape index (κ2) is 6.02. The molecule has 0 aliphatic heterocycles. The molecule has 0 saturated carbocycles. The number of hydrogen-bond donors (Lipinski definition) is 0. The van der Waals surface area contributed by atoms with E-state index in [4.69, 9.17) is 16.3 Å². The van der Waals surface area contributed by atoms with Crippen molar-refractivity contribution in [1.29, 1.82) is 5.26 Å². The molecule has 0 saturated heterocycles. The molecule has 1 aromatic carbocycles. The summed E-state index contributed by atoms with van der Waals surface area (Å²) in [5.74, 6) is 1.14. The van der Waals surface area contributed by atoms with Crippen LogP contribution in [0.3, 0.4) is 0 Å². The van der Waals surface area contributed by atoms with Crippen molar-refractivity contribution in [2.24, 2.45) is 0 Å². The third kappa shape index (κ3) is 2.81. The van der Waals surface area contributed by atoms with Crippen LogP contribution >= 0.6 is 11.6 Å². The SMILES string of the molecule is COc1ccc(Cn2c(C(C)C)cc(Cl)c2C#N)cc1. The van der Waals surface area contributed by atoms with Crippen LogP contribution in [0.4, 0.5) is 0 Å². The fraction of sp³-hybridized carbons (Fsp3) is 0.312. The first kappa shape index (κ1) is 14.5. The van der Waals surface area contributed by atoms with Gasteiger partial charge >= 0.3 is 0 Å². The van der Waals surface area contributed by atoms with E-state index in [2.05, 4.69) is 19.9 Å². The number of halogens is 1. The predicted molar refractivity (Wildman–Crippen MR) is 80.3 cm³/mol. The quantitative estimate of drug-likeness (QED) is 0.846. The number of benzene rings is 1. The second-order valence-electron chi connectivity index (χ2n) is 4.97. The van der Waals surface area contributed by atoms with Gasteiger partial charge in [-0.05, 0) is 29.7 Å². The lowest BCUT2D eigenvalue weighted by atomic mass is 10.1. The summed E-state index contributed by atoms with van der Waals surface area (Å²) in [6, 6.07) is 11.9. The van der Waals surface area contributed by atoms with Crippen LogP contribution in [0.15, 0.2) is 30.3 Å². The minimum atomic E-state index is 0.313. The van der Waals surface area contributed by atoms with Crippen LogP contribution < -0.4 is 4.74 Å². The van der Waals surface area contributed by atoms with Gasteiger partial charge in [-0.2, -0.15) is 5.26 Å². The van der Waals surface area contributed by atoms with Crippen molar-refractivity contribution in [3.05, 3.63) is 52.3 Å². The van der Waals surface area contributed by atoms with Gasteiger partial charge in [0.15, 0.2) is 0 Å². The molecule has 104 valence electrons. The number of rotatable bonds is 4. The lowest BCUT2D eigenvalue weighted by molar-refractivity contribution is 0.414. The van der Waals surface area contributed by atoms with Crippen molar-refractivity contribution >= 4 is 11.6 Å². The summed E-state index contributed by atoms with van der Waals surface area (Å²) >= 11 is 6.14. The molecule has 1 aromatic heterocycles. The molecular weight excluding hydrogens is 272 g/mol. The Morgan fingerprint density at radius 2 is 1.95 bits per heavy atom. The molecule has 0 aliphatic rings. The Hall–Kier alpha value is -1.92. The molecule has 0 radical (unpaired) electrons. The summed E-state index contributed by atoms with van der Waals surface area (Å²) < 4.78 is 7.13. The Bertz CT molecular complexity index is 636. The Labute approximate surface area is 124 Å². The van der Waals surface area contributed by atoms with Crippen LogP contribution in [0.2, 0.25) is 5.02 Å². The number of ether oxygens (including phenoxy) is 1. The molecule has 3 nitrogen and oxygen atoms in total. The standard InChI is InChI=1S/C16H17ClN2O/c1-11(2)15-8-14(17)16(9-18)19(15)10-12-4-6-13(20-3)7-5-12/h4-8,11H,10H2,1-3H3. The highest BCUT2D eigenvalue weighted by atomic mass is 35.5. The van der Waals surface area contributed by atoms with Gasteiger partial charge in [-0.15, -0.1) is 0 Å². The van der Waals surface area contributed by atoms with Crippen LogP contribution in [-0.2, 0) is 6.54 Å². The van der Waals surface area contributed by atoms with Crippen LogP contribution in [-0.4, -0.2) is 11.7 Å². The van der Waals surface area contributed by atoms with Gasteiger partial charge in [0, 0.05) is 12.2 Å². The van der Waals surface area contributed by atoms with Crippen molar-refractivity contribution in [3.8, 4) is 11.8 Å².